The Morgan fingerprint density at radius 2 is 2.00 bits per heavy atom. The highest BCUT2D eigenvalue weighted by atomic mass is 32.1. The highest BCUT2D eigenvalue weighted by Gasteiger charge is 2.14. The van der Waals surface area contributed by atoms with Crippen molar-refractivity contribution in [3.05, 3.63) is 42.4 Å². The summed E-state index contributed by atoms with van der Waals surface area (Å²) in [5, 5.41) is 3.83. The molecule has 0 spiro atoms. The topological polar surface area (TPSA) is 58.1 Å². The molecule has 1 aromatic carbocycles. The van der Waals surface area contributed by atoms with Crippen LogP contribution in [0.3, 0.4) is 0 Å². The predicted octanol–water partition coefficient (Wildman–Crippen LogP) is 2.77. The van der Waals surface area contributed by atoms with Crippen LogP contribution < -0.4 is 5.32 Å². The Hall–Kier alpha value is -2.21. The molecule has 0 saturated heterocycles. The van der Waals surface area contributed by atoms with Gasteiger partial charge < -0.3 is 10.2 Å². The van der Waals surface area contributed by atoms with E-state index in [2.05, 4.69) is 14.7 Å². The summed E-state index contributed by atoms with van der Waals surface area (Å²) in [6.07, 6.45) is 1.73. The number of rotatable bonds is 5. The van der Waals surface area contributed by atoms with Gasteiger partial charge in [-0.15, -0.1) is 0 Å². The Bertz CT molecular complexity index is 619. The van der Waals surface area contributed by atoms with Gasteiger partial charge >= 0.3 is 0 Å². The predicted molar refractivity (Wildman–Crippen MR) is 82.0 cm³/mol. The average molecular weight is 288 g/mol. The molecule has 0 saturated carbocycles. The molecular weight excluding hydrogens is 272 g/mol. The smallest absolute Gasteiger partial charge is 0.207 e. The zero-order chi connectivity index (χ0) is 14.5. The zero-order valence-corrected chi connectivity index (χ0v) is 12.4. The van der Waals surface area contributed by atoms with Crippen LogP contribution in [0.4, 0.5) is 10.8 Å². The number of para-hydroxylation sites is 1. The standard InChI is InChI=1S/C14H16N4OS/c1-10(19)12(9-18(2)3)13-16-14(20-17-13)15-11-7-5-4-6-8-11/h4-9H,1-3H3,(H,15,16,17). The van der Waals surface area contributed by atoms with Crippen LogP contribution in [0.15, 0.2) is 36.5 Å². The van der Waals surface area contributed by atoms with Crippen molar-refractivity contribution in [1.29, 1.82) is 0 Å². The molecule has 0 aliphatic rings. The number of benzene rings is 1. The number of carbonyl (C=O) groups is 1. The first-order valence-corrected chi connectivity index (χ1v) is 6.89. The first kappa shape index (κ1) is 14.2. The van der Waals surface area contributed by atoms with Crippen LogP contribution in [0, 0.1) is 0 Å². The highest BCUT2D eigenvalue weighted by Crippen LogP contribution is 2.22. The maximum Gasteiger partial charge on any atom is 0.207 e. The summed E-state index contributed by atoms with van der Waals surface area (Å²) in [6.45, 7) is 1.51. The van der Waals surface area contributed by atoms with Crippen LogP contribution in [-0.2, 0) is 4.79 Å². The highest BCUT2D eigenvalue weighted by molar-refractivity contribution is 7.09. The lowest BCUT2D eigenvalue weighted by atomic mass is 10.2. The molecule has 6 heteroatoms. The lowest BCUT2D eigenvalue weighted by Gasteiger charge is -2.06. The maximum atomic E-state index is 11.7. The molecule has 104 valence electrons. The van der Waals surface area contributed by atoms with Crippen LogP contribution in [-0.4, -0.2) is 34.1 Å². The van der Waals surface area contributed by atoms with E-state index in [0.717, 1.165) is 5.69 Å². The van der Waals surface area contributed by atoms with Crippen molar-refractivity contribution >= 4 is 33.7 Å². The van der Waals surface area contributed by atoms with E-state index in [4.69, 9.17) is 0 Å². The molecule has 0 aliphatic heterocycles. The maximum absolute atomic E-state index is 11.7. The van der Waals surface area contributed by atoms with Gasteiger partial charge in [0.25, 0.3) is 0 Å². The number of nitrogens with one attached hydrogen (secondary N) is 1. The molecule has 0 radical (unpaired) electrons. The largest absolute Gasteiger partial charge is 0.383 e. The second-order valence-electron chi connectivity index (χ2n) is 4.48. The van der Waals surface area contributed by atoms with Crippen LogP contribution in [0.2, 0.25) is 0 Å². The molecule has 20 heavy (non-hydrogen) atoms. The van der Waals surface area contributed by atoms with Gasteiger partial charge in [0.15, 0.2) is 11.6 Å². The molecule has 0 fully saturated rings. The number of anilines is 2. The number of hydrogen-bond donors (Lipinski definition) is 1. The minimum absolute atomic E-state index is 0.0530. The lowest BCUT2D eigenvalue weighted by Crippen LogP contribution is -2.07. The van der Waals surface area contributed by atoms with Gasteiger partial charge in [-0.1, -0.05) is 18.2 Å². The number of nitrogens with zero attached hydrogens (tertiary/aromatic N) is 3. The Labute approximate surface area is 122 Å². The van der Waals surface area contributed by atoms with Crippen molar-refractivity contribution in [2.75, 3.05) is 19.4 Å². The molecule has 1 aromatic heterocycles. The summed E-state index contributed by atoms with van der Waals surface area (Å²) < 4.78 is 4.24. The number of ketones is 1. The Kier molecular flexibility index (Phi) is 4.47. The van der Waals surface area contributed by atoms with E-state index in [1.807, 2.05) is 49.3 Å². The van der Waals surface area contributed by atoms with Crippen molar-refractivity contribution < 1.29 is 4.79 Å². The second-order valence-corrected chi connectivity index (χ2v) is 5.23. The third-order valence-corrected chi connectivity index (χ3v) is 3.09. The minimum atomic E-state index is -0.0530. The Morgan fingerprint density at radius 1 is 1.30 bits per heavy atom. The van der Waals surface area contributed by atoms with Gasteiger partial charge in [0.2, 0.25) is 5.13 Å². The monoisotopic (exact) mass is 288 g/mol. The third-order valence-electron chi connectivity index (χ3n) is 2.46. The zero-order valence-electron chi connectivity index (χ0n) is 11.6. The summed E-state index contributed by atoms with van der Waals surface area (Å²) in [5.74, 6) is 0.400. The fraction of sp³-hybridized carbons (Fsp3) is 0.214. The van der Waals surface area contributed by atoms with E-state index in [-0.39, 0.29) is 5.78 Å². The average Bonchev–Trinajstić information content (AvgIpc) is 2.85. The van der Waals surface area contributed by atoms with Crippen molar-refractivity contribution in [3.63, 3.8) is 0 Å². The number of hydrogen-bond acceptors (Lipinski definition) is 6. The number of aromatic nitrogens is 2. The van der Waals surface area contributed by atoms with Crippen LogP contribution >= 0.6 is 11.5 Å². The van der Waals surface area contributed by atoms with Gasteiger partial charge in [0, 0.05) is 37.5 Å². The number of Topliss-reactive ketones (excluding diaryl/α,β-unsaturated/α-hetero) is 1. The van der Waals surface area contributed by atoms with E-state index in [1.165, 1.54) is 18.5 Å². The van der Waals surface area contributed by atoms with Gasteiger partial charge in [-0.2, -0.15) is 9.36 Å². The molecule has 1 heterocycles. The summed E-state index contributed by atoms with van der Waals surface area (Å²) >= 11 is 1.23. The fourth-order valence-electron chi connectivity index (χ4n) is 1.59. The third kappa shape index (κ3) is 3.64. The van der Waals surface area contributed by atoms with Crippen molar-refractivity contribution in [3.8, 4) is 0 Å². The molecule has 1 N–H and O–H groups in total. The first-order valence-electron chi connectivity index (χ1n) is 6.11. The summed E-state index contributed by atoms with van der Waals surface area (Å²) in [7, 11) is 3.72. The SMILES string of the molecule is CC(=O)C(=CN(C)C)c1nsc(Nc2ccccc2)n1. The molecular formula is C14H16N4OS. The molecule has 0 aliphatic carbocycles. The molecule has 5 nitrogen and oxygen atoms in total. The molecule has 2 aromatic rings. The fourth-order valence-corrected chi connectivity index (χ4v) is 2.20. The summed E-state index contributed by atoms with van der Waals surface area (Å²) in [5.41, 5.74) is 1.45. The molecule has 0 bridgehead atoms. The minimum Gasteiger partial charge on any atom is -0.383 e. The van der Waals surface area contributed by atoms with Crippen LogP contribution in [0.25, 0.3) is 5.57 Å². The van der Waals surface area contributed by atoms with E-state index < -0.39 is 0 Å². The Balaban J connectivity index is 2.22. The van der Waals surface area contributed by atoms with Crippen LogP contribution in [0.1, 0.15) is 12.7 Å². The molecule has 0 atom stereocenters. The summed E-state index contributed by atoms with van der Waals surface area (Å²) in [6, 6.07) is 9.73. The van der Waals surface area contributed by atoms with Gasteiger partial charge in [-0.25, -0.2) is 0 Å². The molecule has 0 amide bonds. The van der Waals surface area contributed by atoms with Crippen molar-refractivity contribution in [2.24, 2.45) is 0 Å². The van der Waals surface area contributed by atoms with Crippen molar-refractivity contribution in [1.82, 2.24) is 14.3 Å². The molecule has 0 unspecified atom stereocenters. The van der Waals surface area contributed by atoms with Crippen LogP contribution in [0.5, 0.6) is 0 Å². The van der Waals surface area contributed by atoms with E-state index in [9.17, 15) is 4.79 Å². The van der Waals surface area contributed by atoms with E-state index >= 15 is 0 Å². The van der Waals surface area contributed by atoms with Gasteiger partial charge in [-0.05, 0) is 19.1 Å². The molecule has 2 rings (SSSR count). The lowest BCUT2D eigenvalue weighted by molar-refractivity contribution is -0.111. The van der Waals surface area contributed by atoms with Gasteiger partial charge in [0.05, 0.1) is 5.57 Å². The van der Waals surface area contributed by atoms with E-state index in [1.54, 1.807) is 6.20 Å². The van der Waals surface area contributed by atoms with Gasteiger partial charge in [-0.3, -0.25) is 4.79 Å². The first-order chi connectivity index (χ1) is 9.56. The normalized spacial score (nSPS) is 11.2. The summed E-state index contributed by atoms with van der Waals surface area (Å²) in [4.78, 5) is 17.8. The number of carbonyl (C=O) groups excluding carboxylic acids is 1. The van der Waals surface area contributed by atoms with Crippen molar-refractivity contribution in [2.45, 2.75) is 6.92 Å². The van der Waals surface area contributed by atoms with E-state index in [0.29, 0.717) is 16.5 Å². The quantitative estimate of drug-likeness (QED) is 0.857. The Morgan fingerprint density at radius 3 is 2.60 bits per heavy atom. The number of allylic oxidation sites excluding steroid dienone is 1. The van der Waals surface area contributed by atoms with Gasteiger partial charge in [0.1, 0.15) is 0 Å². The second kappa shape index (κ2) is 6.29.